The van der Waals surface area contributed by atoms with Crippen molar-refractivity contribution in [3.05, 3.63) is 48.6 Å². The van der Waals surface area contributed by atoms with Crippen molar-refractivity contribution >= 4 is 11.9 Å². The summed E-state index contributed by atoms with van der Waals surface area (Å²) < 4.78 is 5.43. The van der Waals surface area contributed by atoms with Gasteiger partial charge in [0.15, 0.2) is 0 Å². The summed E-state index contributed by atoms with van der Waals surface area (Å²) in [6.07, 6.45) is 78.5. The maximum absolute atomic E-state index is 12.5. The zero-order valence-electron chi connectivity index (χ0n) is 48.2. The smallest absolute Gasteiger partial charge is 0.305 e. The third kappa shape index (κ3) is 57.1. The average Bonchev–Trinajstić information content (AvgIpc) is 3.38. The molecule has 422 valence electrons. The Morgan fingerprint density at radius 1 is 0.389 bits per heavy atom. The fraction of sp³-hybridized carbons (Fsp3) is 0.848. The highest BCUT2D eigenvalue weighted by atomic mass is 16.5. The zero-order valence-corrected chi connectivity index (χ0v) is 48.2. The number of carbonyl (C=O) groups excluding carboxylic acids is 2. The van der Waals surface area contributed by atoms with Crippen LogP contribution in [0, 0.1) is 0 Å². The summed E-state index contributed by atoms with van der Waals surface area (Å²) in [4.78, 5) is 24.6. The zero-order chi connectivity index (χ0) is 52.2. The molecule has 0 fully saturated rings. The van der Waals surface area contributed by atoms with E-state index in [1.807, 2.05) is 0 Å². The number of allylic oxidation sites excluding steroid dienone is 7. The number of rotatable bonds is 59. The number of aliphatic hydroxyl groups excluding tert-OH is 2. The molecule has 0 bridgehead atoms. The van der Waals surface area contributed by atoms with E-state index in [0.29, 0.717) is 25.9 Å². The minimum Gasteiger partial charge on any atom is -0.465 e. The third-order valence-corrected chi connectivity index (χ3v) is 14.6. The quantitative estimate of drug-likeness (QED) is 0.0320. The number of hydrogen-bond donors (Lipinski definition) is 3. The Morgan fingerprint density at radius 3 is 1.08 bits per heavy atom. The van der Waals surface area contributed by atoms with Crippen LogP contribution in [0.15, 0.2) is 48.6 Å². The van der Waals surface area contributed by atoms with Gasteiger partial charge in [0.2, 0.25) is 5.91 Å². The van der Waals surface area contributed by atoms with Crippen molar-refractivity contribution in [3.63, 3.8) is 0 Å². The van der Waals surface area contributed by atoms with E-state index in [2.05, 4.69) is 67.8 Å². The Morgan fingerprint density at radius 2 is 0.694 bits per heavy atom. The summed E-state index contributed by atoms with van der Waals surface area (Å²) in [5.41, 5.74) is 0. The molecular formula is C66H123NO5. The average molecular weight is 1010 g/mol. The third-order valence-electron chi connectivity index (χ3n) is 14.6. The standard InChI is InChI=1S/C66H123NO5/c1-3-5-7-9-11-13-15-17-19-20-24-28-32-36-40-44-48-52-56-60-66(71)72-61-57-53-49-45-41-37-33-29-26-23-21-22-25-27-31-35-39-43-47-51-55-59-65(70)67-63(62-68)64(69)58-54-50-46-42-38-34-30-18-16-14-12-10-8-6-4-2/h11,13,17,19,37,41,49,53,63-64,68-69H,3-10,12,14-16,18,20-36,38-40,42-48,50-52,54-62H2,1-2H3,(H,67,70)/b13-11-,19-17-,41-37-,53-49-. The summed E-state index contributed by atoms with van der Waals surface area (Å²) in [7, 11) is 0. The molecule has 6 heteroatoms. The predicted octanol–water partition coefficient (Wildman–Crippen LogP) is 20.1. The Balaban J connectivity index is 3.45. The number of carbonyl (C=O) groups is 2. The Bertz CT molecular complexity index is 1210. The molecule has 0 rings (SSSR count). The molecule has 0 aromatic heterocycles. The SMILES string of the molecule is CCCCC/C=C\C/C=C\CCCCCCCCCCCC(=O)OCC/C=C\C/C=C\CCCCCCCCCCCCCCCCC(=O)NC(CO)C(O)CCCCCCCCCCCCCCCCC. The lowest BCUT2D eigenvalue weighted by Crippen LogP contribution is -2.45. The first-order valence-corrected chi connectivity index (χ1v) is 31.9. The molecule has 2 atom stereocenters. The van der Waals surface area contributed by atoms with Crippen molar-refractivity contribution < 1.29 is 24.5 Å². The van der Waals surface area contributed by atoms with E-state index in [0.717, 1.165) is 57.8 Å². The normalized spacial score (nSPS) is 12.9. The van der Waals surface area contributed by atoms with Crippen LogP contribution in [0.4, 0.5) is 0 Å². The molecule has 0 aromatic rings. The van der Waals surface area contributed by atoms with E-state index >= 15 is 0 Å². The van der Waals surface area contributed by atoms with Crippen LogP contribution in [-0.2, 0) is 14.3 Å². The fourth-order valence-electron chi connectivity index (χ4n) is 9.75. The van der Waals surface area contributed by atoms with Gasteiger partial charge in [-0.2, -0.15) is 0 Å². The number of nitrogens with one attached hydrogen (secondary N) is 1. The largest absolute Gasteiger partial charge is 0.465 e. The summed E-state index contributed by atoms with van der Waals surface area (Å²) >= 11 is 0. The molecule has 72 heavy (non-hydrogen) atoms. The van der Waals surface area contributed by atoms with Crippen molar-refractivity contribution in [1.82, 2.24) is 5.32 Å². The van der Waals surface area contributed by atoms with Gasteiger partial charge in [0.25, 0.3) is 0 Å². The van der Waals surface area contributed by atoms with Gasteiger partial charge in [-0.3, -0.25) is 9.59 Å². The molecule has 0 saturated heterocycles. The highest BCUT2D eigenvalue weighted by molar-refractivity contribution is 5.76. The highest BCUT2D eigenvalue weighted by Crippen LogP contribution is 2.17. The van der Waals surface area contributed by atoms with Crippen molar-refractivity contribution in [2.24, 2.45) is 0 Å². The predicted molar refractivity (Wildman–Crippen MR) is 315 cm³/mol. The molecule has 0 aromatic carbocycles. The van der Waals surface area contributed by atoms with E-state index in [9.17, 15) is 19.8 Å². The molecule has 2 unspecified atom stereocenters. The van der Waals surface area contributed by atoms with Gasteiger partial charge in [-0.15, -0.1) is 0 Å². The van der Waals surface area contributed by atoms with Crippen molar-refractivity contribution in [1.29, 1.82) is 0 Å². The first-order chi connectivity index (χ1) is 35.5. The minimum atomic E-state index is -0.668. The monoisotopic (exact) mass is 1010 g/mol. The molecule has 0 aliphatic carbocycles. The Hall–Kier alpha value is -2.18. The second kappa shape index (κ2) is 61.4. The Labute approximate surface area is 448 Å². The lowest BCUT2D eigenvalue weighted by Gasteiger charge is -2.22. The molecule has 0 heterocycles. The highest BCUT2D eigenvalue weighted by Gasteiger charge is 2.20. The molecule has 0 aliphatic heterocycles. The van der Waals surface area contributed by atoms with E-state index in [4.69, 9.17) is 4.74 Å². The second-order valence-corrected chi connectivity index (χ2v) is 21.7. The van der Waals surface area contributed by atoms with Crippen molar-refractivity contribution in [3.8, 4) is 0 Å². The molecule has 6 nitrogen and oxygen atoms in total. The Kier molecular flexibility index (Phi) is 59.5. The molecule has 0 saturated carbocycles. The molecule has 0 aliphatic rings. The van der Waals surface area contributed by atoms with E-state index in [1.165, 1.54) is 244 Å². The van der Waals surface area contributed by atoms with Crippen molar-refractivity contribution in [2.45, 2.75) is 347 Å². The van der Waals surface area contributed by atoms with Gasteiger partial charge in [-0.05, 0) is 77.0 Å². The number of esters is 1. The summed E-state index contributed by atoms with van der Waals surface area (Å²) in [5.74, 6) is -0.0777. The van der Waals surface area contributed by atoms with Crippen LogP contribution in [-0.4, -0.2) is 47.4 Å². The van der Waals surface area contributed by atoms with Crippen LogP contribution in [0.5, 0.6) is 0 Å². The second-order valence-electron chi connectivity index (χ2n) is 21.7. The molecular weight excluding hydrogens is 887 g/mol. The lowest BCUT2D eigenvalue weighted by molar-refractivity contribution is -0.143. The van der Waals surface area contributed by atoms with E-state index < -0.39 is 12.1 Å². The first-order valence-electron chi connectivity index (χ1n) is 31.9. The first kappa shape index (κ1) is 69.8. The molecule has 0 spiro atoms. The maximum Gasteiger partial charge on any atom is 0.305 e. The van der Waals surface area contributed by atoms with Gasteiger partial charge in [0, 0.05) is 12.8 Å². The van der Waals surface area contributed by atoms with Crippen LogP contribution < -0.4 is 5.32 Å². The lowest BCUT2D eigenvalue weighted by atomic mass is 10.0. The maximum atomic E-state index is 12.5. The van der Waals surface area contributed by atoms with Crippen LogP contribution >= 0.6 is 0 Å². The molecule has 0 radical (unpaired) electrons. The number of amides is 1. The minimum absolute atomic E-state index is 0.0387. The molecule has 1 amide bonds. The number of unbranched alkanes of at least 4 members (excludes halogenated alkanes) is 40. The summed E-state index contributed by atoms with van der Waals surface area (Å²) in [6.45, 7) is 4.83. The number of aliphatic hydroxyl groups is 2. The van der Waals surface area contributed by atoms with Gasteiger partial charge in [-0.25, -0.2) is 0 Å². The fourth-order valence-corrected chi connectivity index (χ4v) is 9.75. The van der Waals surface area contributed by atoms with Crippen LogP contribution in [0.25, 0.3) is 0 Å². The number of hydrogen-bond acceptors (Lipinski definition) is 5. The summed E-state index contributed by atoms with van der Waals surface area (Å²) in [6, 6.07) is -0.546. The summed E-state index contributed by atoms with van der Waals surface area (Å²) in [5, 5.41) is 23.3. The van der Waals surface area contributed by atoms with Crippen molar-refractivity contribution in [2.75, 3.05) is 13.2 Å². The van der Waals surface area contributed by atoms with E-state index in [1.54, 1.807) is 0 Å². The van der Waals surface area contributed by atoms with Gasteiger partial charge in [0.1, 0.15) is 0 Å². The van der Waals surface area contributed by atoms with Gasteiger partial charge in [-0.1, -0.05) is 294 Å². The molecule has 3 N–H and O–H groups in total. The van der Waals surface area contributed by atoms with Gasteiger partial charge in [0.05, 0.1) is 25.4 Å². The van der Waals surface area contributed by atoms with Gasteiger partial charge < -0.3 is 20.3 Å². The van der Waals surface area contributed by atoms with Gasteiger partial charge >= 0.3 is 5.97 Å². The van der Waals surface area contributed by atoms with Crippen LogP contribution in [0.2, 0.25) is 0 Å². The van der Waals surface area contributed by atoms with E-state index in [-0.39, 0.29) is 18.5 Å². The van der Waals surface area contributed by atoms with Crippen LogP contribution in [0.1, 0.15) is 335 Å². The number of ether oxygens (including phenoxy) is 1. The topological polar surface area (TPSA) is 95.9 Å². The van der Waals surface area contributed by atoms with Crippen LogP contribution in [0.3, 0.4) is 0 Å².